The van der Waals surface area contributed by atoms with Crippen LogP contribution in [0.15, 0.2) is 0 Å². The van der Waals surface area contributed by atoms with Gasteiger partial charge < -0.3 is 15.2 Å². The molecule has 2 N–H and O–H groups in total. The quantitative estimate of drug-likeness (QED) is 0.706. The molecule has 1 amide bonds. The molecule has 5 heteroatoms. The van der Waals surface area contributed by atoms with E-state index in [1.54, 1.807) is 6.92 Å². The van der Waals surface area contributed by atoms with Crippen molar-refractivity contribution in [3.05, 3.63) is 0 Å². The van der Waals surface area contributed by atoms with E-state index in [-0.39, 0.29) is 12.5 Å². The zero-order chi connectivity index (χ0) is 14.5. The van der Waals surface area contributed by atoms with Crippen molar-refractivity contribution in [1.82, 2.24) is 5.32 Å². The van der Waals surface area contributed by atoms with E-state index in [2.05, 4.69) is 5.32 Å². The van der Waals surface area contributed by atoms with E-state index in [1.165, 1.54) is 0 Å². The number of nitrogens with one attached hydrogen (secondary N) is 1. The molecule has 0 saturated heterocycles. The first-order valence-electron chi connectivity index (χ1n) is 7.03. The number of carboxylic acids is 1. The number of carboxylic acid groups (broad SMARTS) is 1. The van der Waals surface area contributed by atoms with Crippen LogP contribution >= 0.6 is 0 Å². The van der Waals surface area contributed by atoms with Crippen LogP contribution in [0.4, 0.5) is 0 Å². The van der Waals surface area contributed by atoms with Crippen LogP contribution in [0.25, 0.3) is 0 Å². The normalized spacial score (nSPS) is 25.2. The molecule has 1 atom stereocenters. The zero-order valence-corrected chi connectivity index (χ0v) is 12.1. The van der Waals surface area contributed by atoms with Gasteiger partial charge in [0.05, 0.1) is 11.5 Å². The minimum atomic E-state index is -0.872. The second-order valence-corrected chi connectivity index (χ2v) is 5.62. The molecular weight excluding hydrogens is 246 g/mol. The van der Waals surface area contributed by atoms with Gasteiger partial charge in [0.1, 0.15) is 0 Å². The van der Waals surface area contributed by atoms with Crippen LogP contribution in [0, 0.1) is 11.3 Å². The van der Waals surface area contributed by atoms with Crippen LogP contribution in [0.5, 0.6) is 0 Å². The summed E-state index contributed by atoms with van der Waals surface area (Å²) in [5, 5.41) is 11.9. The minimum absolute atomic E-state index is 0.0547. The van der Waals surface area contributed by atoms with Crippen LogP contribution in [0.1, 0.15) is 46.5 Å². The highest BCUT2D eigenvalue weighted by Crippen LogP contribution is 2.32. The van der Waals surface area contributed by atoms with Crippen LogP contribution in [-0.2, 0) is 14.3 Å². The van der Waals surface area contributed by atoms with E-state index in [0.29, 0.717) is 24.9 Å². The van der Waals surface area contributed by atoms with Gasteiger partial charge in [0.25, 0.3) is 0 Å². The van der Waals surface area contributed by atoms with E-state index >= 15 is 0 Å². The first kappa shape index (κ1) is 16.0. The Labute approximate surface area is 114 Å². The third-order valence-corrected chi connectivity index (χ3v) is 4.04. The Kier molecular flexibility index (Phi) is 5.79. The summed E-state index contributed by atoms with van der Waals surface area (Å²) in [5.41, 5.74) is -0.872. The van der Waals surface area contributed by atoms with Crippen LogP contribution in [0.3, 0.4) is 0 Å². The molecule has 19 heavy (non-hydrogen) atoms. The number of hydrogen-bond donors (Lipinski definition) is 2. The number of aliphatic carboxylic acids is 1. The summed E-state index contributed by atoms with van der Waals surface area (Å²) in [7, 11) is 0. The minimum Gasteiger partial charge on any atom is -0.481 e. The molecule has 1 rings (SSSR count). The molecule has 0 spiro atoms. The number of carbonyl (C=O) groups excluding carboxylic acids is 1. The fourth-order valence-corrected chi connectivity index (χ4v) is 2.19. The highest BCUT2D eigenvalue weighted by atomic mass is 16.5. The third-order valence-electron chi connectivity index (χ3n) is 4.04. The largest absolute Gasteiger partial charge is 0.481 e. The maximum atomic E-state index is 11.8. The topological polar surface area (TPSA) is 75.6 Å². The van der Waals surface area contributed by atoms with Gasteiger partial charge in [0.15, 0.2) is 0 Å². The van der Waals surface area contributed by atoms with Crippen molar-refractivity contribution in [2.45, 2.75) is 52.6 Å². The Morgan fingerprint density at radius 1 is 1.37 bits per heavy atom. The fourth-order valence-electron chi connectivity index (χ4n) is 2.19. The Morgan fingerprint density at radius 3 is 2.47 bits per heavy atom. The Balaban J connectivity index is 2.24. The number of rotatable bonds is 8. The van der Waals surface area contributed by atoms with Gasteiger partial charge in [-0.1, -0.05) is 6.92 Å². The smallest absolute Gasteiger partial charge is 0.311 e. The maximum absolute atomic E-state index is 11.8. The lowest BCUT2D eigenvalue weighted by atomic mass is 9.79. The molecule has 0 aromatic heterocycles. The summed E-state index contributed by atoms with van der Waals surface area (Å²) in [5.74, 6) is -0.537. The van der Waals surface area contributed by atoms with Crippen molar-refractivity contribution in [3.63, 3.8) is 0 Å². The summed E-state index contributed by atoms with van der Waals surface area (Å²) >= 11 is 0. The molecule has 0 bridgehead atoms. The second-order valence-electron chi connectivity index (χ2n) is 5.62. The number of ether oxygens (including phenoxy) is 1. The molecule has 0 aromatic rings. The molecule has 0 aliphatic heterocycles. The number of amides is 1. The average molecular weight is 271 g/mol. The average Bonchev–Trinajstić information content (AvgIpc) is 2.33. The maximum Gasteiger partial charge on any atom is 0.311 e. The molecule has 1 aliphatic carbocycles. The van der Waals surface area contributed by atoms with Crippen molar-refractivity contribution in [2.75, 3.05) is 13.2 Å². The molecule has 1 unspecified atom stereocenters. The second kappa shape index (κ2) is 6.89. The summed E-state index contributed by atoms with van der Waals surface area (Å²) in [6, 6.07) is 0. The summed E-state index contributed by atoms with van der Waals surface area (Å²) in [6.07, 6.45) is 3.15. The highest BCUT2D eigenvalue weighted by molar-refractivity contribution is 5.79. The standard InChI is InChI=1S/C14H25NO4/c1-4-14(3,13(17)18)9-15-12(16)8-10-6-11(7-10)19-5-2/h10-11H,4-9H2,1-3H3,(H,15,16)(H,17,18). The van der Waals surface area contributed by atoms with E-state index in [1.807, 2.05) is 13.8 Å². The lowest BCUT2D eigenvalue weighted by Gasteiger charge is -2.34. The Morgan fingerprint density at radius 2 is 2.00 bits per heavy atom. The van der Waals surface area contributed by atoms with Gasteiger partial charge in [-0.25, -0.2) is 0 Å². The monoisotopic (exact) mass is 271 g/mol. The molecule has 1 saturated carbocycles. The molecule has 0 radical (unpaired) electrons. The van der Waals surface area contributed by atoms with E-state index in [0.717, 1.165) is 19.4 Å². The molecule has 0 heterocycles. The predicted octanol–water partition coefficient (Wildman–Crippen LogP) is 1.81. The highest BCUT2D eigenvalue weighted by Gasteiger charge is 2.33. The lowest BCUT2D eigenvalue weighted by molar-refractivity contribution is -0.148. The van der Waals surface area contributed by atoms with Gasteiger partial charge in [0, 0.05) is 19.6 Å². The Hall–Kier alpha value is -1.10. The van der Waals surface area contributed by atoms with Crippen LogP contribution in [-0.4, -0.2) is 36.2 Å². The molecule has 5 nitrogen and oxygen atoms in total. The zero-order valence-electron chi connectivity index (χ0n) is 12.1. The number of carbonyl (C=O) groups is 2. The van der Waals surface area contributed by atoms with E-state index in [9.17, 15) is 9.59 Å². The molecular formula is C14H25NO4. The van der Waals surface area contributed by atoms with Crippen LogP contribution in [0.2, 0.25) is 0 Å². The van der Waals surface area contributed by atoms with Crippen molar-refractivity contribution in [2.24, 2.45) is 11.3 Å². The van der Waals surface area contributed by atoms with Crippen molar-refractivity contribution >= 4 is 11.9 Å². The van der Waals surface area contributed by atoms with Gasteiger partial charge in [-0.15, -0.1) is 0 Å². The summed E-state index contributed by atoms with van der Waals surface area (Å²) in [4.78, 5) is 22.9. The molecule has 110 valence electrons. The van der Waals surface area contributed by atoms with E-state index in [4.69, 9.17) is 9.84 Å². The molecule has 0 aromatic carbocycles. The summed E-state index contributed by atoms with van der Waals surface area (Å²) < 4.78 is 5.44. The van der Waals surface area contributed by atoms with Crippen molar-refractivity contribution < 1.29 is 19.4 Å². The SMILES string of the molecule is CCOC1CC(CC(=O)NCC(C)(CC)C(=O)O)C1. The van der Waals surface area contributed by atoms with Gasteiger partial charge >= 0.3 is 5.97 Å². The molecule has 1 fully saturated rings. The fraction of sp³-hybridized carbons (Fsp3) is 0.857. The Bertz CT molecular complexity index is 325. The first-order chi connectivity index (χ1) is 8.91. The van der Waals surface area contributed by atoms with E-state index < -0.39 is 11.4 Å². The van der Waals surface area contributed by atoms with Gasteiger partial charge in [-0.2, -0.15) is 0 Å². The molecule has 1 aliphatic rings. The van der Waals surface area contributed by atoms with Crippen LogP contribution < -0.4 is 5.32 Å². The van der Waals surface area contributed by atoms with Crippen molar-refractivity contribution in [3.8, 4) is 0 Å². The predicted molar refractivity (Wildman–Crippen MR) is 71.8 cm³/mol. The number of hydrogen-bond acceptors (Lipinski definition) is 3. The third kappa shape index (κ3) is 4.49. The van der Waals surface area contributed by atoms with Gasteiger partial charge in [-0.05, 0) is 39.0 Å². The lowest BCUT2D eigenvalue weighted by Crippen LogP contribution is -2.42. The first-order valence-corrected chi connectivity index (χ1v) is 7.03. The summed E-state index contributed by atoms with van der Waals surface area (Å²) in [6.45, 7) is 6.36. The van der Waals surface area contributed by atoms with Crippen molar-refractivity contribution in [1.29, 1.82) is 0 Å². The van der Waals surface area contributed by atoms with Gasteiger partial charge in [0.2, 0.25) is 5.91 Å². The van der Waals surface area contributed by atoms with Gasteiger partial charge in [-0.3, -0.25) is 9.59 Å².